The third kappa shape index (κ3) is 3.28. The molecule has 0 aliphatic carbocycles. The van der Waals surface area contributed by atoms with Gasteiger partial charge in [0.25, 0.3) is 0 Å². The molecular weight excluding hydrogens is 222 g/mol. The van der Waals surface area contributed by atoms with E-state index in [1.165, 1.54) is 4.57 Å². The van der Waals surface area contributed by atoms with Crippen LogP contribution in [-0.4, -0.2) is 34.1 Å². The van der Waals surface area contributed by atoms with E-state index in [1.54, 1.807) is 12.3 Å². The van der Waals surface area contributed by atoms with E-state index in [9.17, 15) is 4.79 Å². The summed E-state index contributed by atoms with van der Waals surface area (Å²) in [6, 6.07) is 1.72. The maximum absolute atomic E-state index is 11.5. The molecule has 0 unspecified atom stereocenters. The summed E-state index contributed by atoms with van der Waals surface area (Å²) in [7, 11) is 0. The second kappa shape index (κ2) is 5.79. The minimum Gasteiger partial charge on any atom is -0.395 e. The molecule has 1 aromatic rings. The summed E-state index contributed by atoms with van der Waals surface area (Å²) in [5.41, 5.74) is -0.361. The van der Waals surface area contributed by atoms with Gasteiger partial charge in [-0.15, -0.1) is 0 Å². The molecule has 1 aromatic heterocycles. The first-order valence-corrected chi connectivity index (χ1v) is 5.86. The lowest BCUT2D eigenvalue weighted by atomic mass is 10.2. The molecular formula is C11H17N3O3. The average Bonchev–Trinajstić information content (AvgIpc) is 2.34. The molecule has 2 N–H and O–H groups in total. The highest BCUT2D eigenvalue weighted by atomic mass is 16.5. The zero-order valence-electron chi connectivity index (χ0n) is 9.63. The van der Waals surface area contributed by atoms with E-state index < -0.39 is 0 Å². The first-order chi connectivity index (χ1) is 8.29. The van der Waals surface area contributed by atoms with Gasteiger partial charge >= 0.3 is 5.69 Å². The largest absolute Gasteiger partial charge is 0.395 e. The van der Waals surface area contributed by atoms with E-state index in [2.05, 4.69) is 10.3 Å². The van der Waals surface area contributed by atoms with E-state index in [-0.39, 0.29) is 25.1 Å². The van der Waals surface area contributed by atoms with Crippen molar-refractivity contribution in [2.24, 2.45) is 0 Å². The maximum Gasteiger partial charge on any atom is 0.349 e. The highest BCUT2D eigenvalue weighted by Crippen LogP contribution is 2.14. The summed E-state index contributed by atoms with van der Waals surface area (Å²) < 4.78 is 6.87. The van der Waals surface area contributed by atoms with E-state index in [0.717, 1.165) is 25.9 Å². The molecule has 0 aromatic carbocycles. The predicted molar refractivity (Wildman–Crippen MR) is 62.8 cm³/mol. The van der Waals surface area contributed by atoms with Gasteiger partial charge in [-0.2, -0.15) is 4.98 Å². The van der Waals surface area contributed by atoms with Gasteiger partial charge in [0, 0.05) is 12.8 Å². The molecule has 2 heterocycles. The van der Waals surface area contributed by atoms with Crippen LogP contribution in [0.1, 0.15) is 19.3 Å². The van der Waals surface area contributed by atoms with Gasteiger partial charge in [0.2, 0.25) is 0 Å². The molecule has 1 aliphatic heterocycles. The van der Waals surface area contributed by atoms with Crippen LogP contribution in [0, 0.1) is 0 Å². The minimum absolute atomic E-state index is 0.0515. The van der Waals surface area contributed by atoms with Crippen molar-refractivity contribution in [1.82, 2.24) is 9.55 Å². The smallest absolute Gasteiger partial charge is 0.349 e. The Morgan fingerprint density at radius 1 is 1.59 bits per heavy atom. The molecule has 0 radical (unpaired) electrons. The van der Waals surface area contributed by atoms with Crippen LogP contribution in [0.4, 0.5) is 5.82 Å². The summed E-state index contributed by atoms with van der Waals surface area (Å²) in [6.45, 7) is 0.950. The van der Waals surface area contributed by atoms with E-state index in [1.807, 2.05) is 0 Å². The van der Waals surface area contributed by atoms with Gasteiger partial charge in [0.05, 0.1) is 13.2 Å². The third-order valence-electron chi connectivity index (χ3n) is 2.70. The van der Waals surface area contributed by atoms with Gasteiger partial charge in [-0.05, 0) is 25.3 Å². The number of rotatable bonds is 4. The SMILES string of the molecule is O=c1nc(N[C@@H]2CCCCO2)ccn1CCO. The van der Waals surface area contributed by atoms with Crippen molar-refractivity contribution < 1.29 is 9.84 Å². The van der Waals surface area contributed by atoms with E-state index in [4.69, 9.17) is 9.84 Å². The number of aliphatic hydroxyl groups is 1. The average molecular weight is 239 g/mol. The van der Waals surface area contributed by atoms with Gasteiger partial charge < -0.3 is 15.2 Å². The molecule has 2 rings (SSSR count). The van der Waals surface area contributed by atoms with E-state index in [0.29, 0.717) is 5.82 Å². The molecule has 6 heteroatoms. The first-order valence-electron chi connectivity index (χ1n) is 5.86. The quantitative estimate of drug-likeness (QED) is 0.783. The van der Waals surface area contributed by atoms with Gasteiger partial charge in [0.1, 0.15) is 12.0 Å². The number of aliphatic hydroxyl groups excluding tert-OH is 1. The molecule has 1 fully saturated rings. The maximum atomic E-state index is 11.5. The summed E-state index contributed by atoms with van der Waals surface area (Å²) in [6.07, 6.45) is 4.71. The molecule has 0 amide bonds. The topological polar surface area (TPSA) is 76.4 Å². The van der Waals surface area contributed by atoms with E-state index >= 15 is 0 Å². The van der Waals surface area contributed by atoms with Crippen molar-refractivity contribution in [1.29, 1.82) is 0 Å². The van der Waals surface area contributed by atoms with Crippen LogP contribution in [0.3, 0.4) is 0 Å². The zero-order valence-corrected chi connectivity index (χ0v) is 9.63. The number of nitrogens with one attached hydrogen (secondary N) is 1. The second-order valence-electron chi connectivity index (χ2n) is 4.01. The highest BCUT2D eigenvalue weighted by Gasteiger charge is 2.13. The summed E-state index contributed by atoms with van der Waals surface area (Å²) in [4.78, 5) is 15.4. The Bertz CT molecular complexity index is 413. The van der Waals surface area contributed by atoms with Crippen molar-refractivity contribution in [2.45, 2.75) is 32.0 Å². The van der Waals surface area contributed by atoms with Gasteiger partial charge in [-0.25, -0.2) is 4.79 Å². The molecule has 17 heavy (non-hydrogen) atoms. The Hall–Kier alpha value is -1.40. The number of hydrogen-bond acceptors (Lipinski definition) is 5. The first kappa shape index (κ1) is 12.1. The fourth-order valence-corrected chi connectivity index (χ4v) is 1.81. The molecule has 94 valence electrons. The monoisotopic (exact) mass is 239 g/mol. The lowest BCUT2D eigenvalue weighted by Crippen LogP contribution is -2.30. The number of aromatic nitrogens is 2. The van der Waals surface area contributed by atoms with Gasteiger partial charge in [-0.3, -0.25) is 4.57 Å². The predicted octanol–water partition coefficient (Wildman–Crippen LogP) is 0.174. The van der Waals surface area contributed by atoms with Crippen molar-refractivity contribution >= 4 is 5.82 Å². The van der Waals surface area contributed by atoms with Crippen LogP contribution in [0.2, 0.25) is 0 Å². The van der Waals surface area contributed by atoms with Gasteiger partial charge in [0.15, 0.2) is 0 Å². The van der Waals surface area contributed by atoms with Crippen molar-refractivity contribution in [3.63, 3.8) is 0 Å². The normalized spacial score (nSPS) is 20.2. The molecule has 1 atom stereocenters. The van der Waals surface area contributed by atoms with Crippen molar-refractivity contribution in [3.8, 4) is 0 Å². The lowest BCUT2D eigenvalue weighted by molar-refractivity contribution is 0.0340. The van der Waals surface area contributed by atoms with Crippen LogP contribution in [0.5, 0.6) is 0 Å². The number of anilines is 1. The Morgan fingerprint density at radius 2 is 2.47 bits per heavy atom. The molecule has 1 saturated heterocycles. The van der Waals surface area contributed by atoms with Crippen molar-refractivity contribution in [2.75, 3.05) is 18.5 Å². The molecule has 0 saturated carbocycles. The van der Waals surface area contributed by atoms with Crippen LogP contribution >= 0.6 is 0 Å². The third-order valence-corrected chi connectivity index (χ3v) is 2.70. The van der Waals surface area contributed by atoms with Crippen LogP contribution in [0.15, 0.2) is 17.1 Å². The zero-order chi connectivity index (χ0) is 12.1. The number of hydrogen-bond donors (Lipinski definition) is 2. The number of ether oxygens (including phenoxy) is 1. The number of nitrogens with zero attached hydrogens (tertiary/aromatic N) is 2. The Balaban J connectivity index is 2.01. The summed E-state index contributed by atoms with van der Waals surface area (Å²) in [5.74, 6) is 0.524. The Labute approximate surface area is 99.2 Å². The molecule has 6 nitrogen and oxygen atoms in total. The summed E-state index contributed by atoms with van der Waals surface area (Å²) >= 11 is 0. The lowest BCUT2D eigenvalue weighted by Gasteiger charge is -2.23. The minimum atomic E-state index is -0.361. The Kier molecular flexibility index (Phi) is 4.11. The molecule has 0 spiro atoms. The van der Waals surface area contributed by atoms with Crippen molar-refractivity contribution in [3.05, 3.63) is 22.7 Å². The Morgan fingerprint density at radius 3 is 3.12 bits per heavy atom. The molecule has 0 bridgehead atoms. The standard InChI is InChI=1S/C11H17N3O3/c15-7-6-14-5-4-9(13-11(14)16)12-10-3-1-2-8-17-10/h4-5,10,15H,1-3,6-8H2,(H,12,13,16)/t10-/m0/s1. The molecule has 1 aliphatic rings. The van der Waals surface area contributed by atoms with Crippen LogP contribution < -0.4 is 11.0 Å². The fourth-order valence-electron chi connectivity index (χ4n) is 1.81. The second-order valence-corrected chi connectivity index (χ2v) is 4.01. The van der Waals surface area contributed by atoms with Crippen LogP contribution in [0.25, 0.3) is 0 Å². The van der Waals surface area contributed by atoms with Gasteiger partial charge in [-0.1, -0.05) is 0 Å². The summed E-state index contributed by atoms with van der Waals surface area (Å²) in [5, 5.41) is 11.8. The van der Waals surface area contributed by atoms with Crippen LogP contribution in [-0.2, 0) is 11.3 Å². The fraction of sp³-hybridized carbons (Fsp3) is 0.636. The highest BCUT2D eigenvalue weighted by molar-refractivity contribution is 5.32.